The van der Waals surface area contributed by atoms with Crippen LogP contribution < -0.4 is 10.0 Å². The standard InChI is InChI=1S/C15H17N3O5S2/c1-2-25(22,23)17-7-10-3-5-11(6-4-10)14(19)16-8-13-18-12(9-24-13)15(20)21/h3-6,9,17H,2,7-8H2,1H3,(H,16,19)(H,20,21). The highest BCUT2D eigenvalue weighted by molar-refractivity contribution is 7.89. The van der Waals surface area contributed by atoms with E-state index in [0.29, 0.717) is 10.6 Å². The molecule has 25 heavy (non-hydrogen) atoms. The molecule has 1 amide bonds. The molecular weight excluding hydrogens is 366 g/mol. The van der Waals surface area contributed by atoms with Gasteiger partial charge in [0.1, 0.15) is 5.01 Å². The number of aromatic nitrogens is 1. The molecule has 0 atom stereocenters. The maximum Gasteiger partial charge on any atom is 0.355 e. The molecule has 0 radical (unpaired) electrons. The van der Waals surface area contributed by atoms with Gasteiger partial charge in [-0.2, -0.15) is 0 Å². The zero-order chi connectivity index (χ0) is 18.4. The number of rotatable bonds is 8. The average Bonchev–Trinajstić information content (AvgIpc) is 3.08. The predicted molar refractivity (Wildman–Crippen MR) is 93.0 cm³/mol. The summed E-state index contributed by atoms with van der Waals surface area (Å²) in [6.45, 7) is 1.85. The number of carbonyl (C=O) groups excluding carboxylic acids is 1. The number of benzene rings is 1. The van der Waals surface area contributed by atoms with Crippen LogP contribution in [0, 0.1) is 0 Å². The maximum atomic E-state index is 12.1. The molecule has 10 heteroatoms. The van der Waals surface area contributed by atoms with Crippen LogP contribution in [-0.4, -0.2) is 36.1 Å². The maximum absolute atomic E-state index is 12.1. The van der Waals surface area contributed by atoms with E-state index in [0.717, 1.165) is 16.9 Å². The minimum absolute atomic E-state index is 0.00778. The van der Waals surface area contributed by atoms with Crippen LogP contribution in [0.4, 0.5) is 0 Å². The predicted octanol–water partition coefficient (Wildman–Crippen LogP) is 1.21. The van der Waals surface area contributed by atoms with E-state index in [-0.39, 0.29) is 30.4 Å². The Hall–Kier alpha value is -2.30. The molecule has 1 aromatic carbocycles. The Balaban J connectivity index is 1.90. The van der Waals surface area contributed by atoms with Gasteiger partial charge in [-0.3, -0.25) is 4.79 Å². The first-order valence-corrected chi connectivity index (χ1v) is 9.86. The number of aromatic carboxylic acids is 1. The van der Waals surface area contributed by atoms with E-state index in [1.54, 1.807) is 31.2 Å². The lowest BCUT2D eigenvalue weighted by Gasteiger charge is -2.06. The molecule has 2 rings (SSSR count). The van der Waals surface area contributed by atoms with E-state index in [1.165, 1.54) is 5.38 Å². The van der Waals surface area contributed by atoms with Crippen LogP contribution in [0.15, 0.2) is 29.6 Å². The number of sulfonamides is 1. The van der Waals surface area contributed by atoms with Gasteiger partial charge < -0.3 is 10.4 Å². The first-order valence-electron chi connectivity index (χ1n) is 7.33. The molecule has 0 aliphatic carbocycles. The van der Waals surface area contributed by atoms with E-state index in [4.69, 9.17) is 5.11 Å². The number of nitrogens with one attached hydrogen (secondary N) is 2. The second-order valence-electron chi connectivity index (χ2n) is 5.04. The van der Waals surface area contributed by atoms with Gasteiger partial charge in [0.2, 0.25) is 10.0 Å². The second kappa shape index (κ2) is 8.19. The first-order chi connectivity index (χ1) is 11.8. The van der Waals surface area contributed by atoms with E-state index in [1.807, 2.05) is 0 Å². The fraction of sp³-hybridized carbons (Fsp3) is 0.267. The monoisotopic (exact) mass is 383 g/mol. The molecule has 1 aromatic heterocycles. The normalized spacial score (nSPS) is 11.2. The van der Waals surface area contributed by atoms with Crippen molar-refractivity contribution in [3.63, 3.8) is 0 Å². The van der Waals surface area contributed by atoms with Crippen molar-refractivity contribution < 1.29 is 23.1 Å². The van der Waals surface area contributed by atoms with Gasteiger partial charge in [0.25, 0.3) is 5.91 Å². The molecular formula is C15H17N3O5S2. The van der Waals surface area contributed by atoms with Crippen molar-refractivity contribution in [2.24, 2.45) is 0 Å². The molecule has 0 aliphatic rings. The van der Waals surface area contributed by atoms with Crippen molar-refractivity contribution in [3.8, 4) is 0 Å². The SMILES string of the molecule is CCS(=O)(=O)NCc1ccc(C(=O)NCc2nc(C(=O)O)cs2)cc1. The highest BCUT2D eigenvalue weighted by Gasteiger charge is 2.11. The van der Waals surface area contributed by atoms with Crippen molar-refractivity contribution >= 4 is 33.2 Å². The van der Waals surface area contributed by atoms with Crippen molar-refractivity contribution in [1.29, 1.82) is 0 Å². The lowest BCUT2D eigenvalue weighted by molar-refractivity contribution is 0.0691. The summed E-state index contributed by atoms with van der Waals surface area (Å²) in [7, 11) is -3.26. The molecule has 0 bridgehead atoms. The molecule has 0 unspecified atom stereocenters. The third-order valence-corrected chi connectivity index (χ3v) is 5.46. The Morgan fingerprint density at radius 2 is 1.88 bits per heavy atom. The topological polar surface area (TPSA) is 125 Å². The minimum atomic E-state index is -3.26. The summed E-state index contributed by atoms with van der Waals surface area (Å²) in [6, 6.07) is 6.52. The highest BCUT2D eigenvalue weighted by atomic mass is 32.2. The molecule has 1 heterocycles. The van der Waals surface area contributed by atoms with Crippen LogP contribution in [0.25, 0.3) is 0 Å². The zero-order valence-electron chi connectivity index (χ0n) is 13.4. The fourth-order valence-electron chi connectivity index (χ4n) is 1.82. The molecule has 3 N–H and O–H groups in total. The molecule has 0 aliphatic heterocycles. The summed E-state index contributed by atoms with van der Waals surface area (Å²) in [5.74, 6) is -1.43. The van der Waals surface area contributed by atoms with E-state index >= 15 is 0 Å². The van der Waals surface area contributed by atoms with Gasteiger partial charge in [0, 0.05) is 17.5 Å². The Bertz CT molecular complexity index is 860. The van der Waals surface area contributed by atoms with Gasteiger partial charge in [-0.1, -0.05) is 12.1 Å². The Labute approximate surface area is 149 Å². The van der Waals surface area contributed by atoms with Crippen LogP contribution in [0.1, 0.15) is 38.3 Å². The lowest BCUT2D eigenvalue weighted by atomic mass is 10.1. The Morgan fingerprint density at radius 1 is 1.20 bits per heavy atom. The summed E-state index contributed by atoms with van der Waals surface area (Å²) in [6.07, 6.45) is 0. The number of amides is 1. The van der Waals surface area contributed by atoms with Gasteiger partial charge in [0.05, 0.1) is 12.3 Å². The van der Waals surface area contributed by atoms with Crippen molar-refractivity contribution in [2.45, 2.75) is 20.0 Å². The second-order valence-corrected chi connectivity index (χ2v) is 8.07. The summed E-state index contributed by atoms with van der Waals surface area (Å²) >= 11 is 1.16. The van der Waals surface area contributed by atoms with Crippen LogP contribution in [0.5, 0.6) is 0 Å². The van der Waals surface area contributed by atoms with Gasteiger partial charge in [-0.15, -0.1) is 11.3 Å². The summed E-state index contributed by atoms with van der Waals surface area (Å²) < 4.78 is 25.2. The largest absolute Gasteiger partial charge is 0.476 e. The summed E-state index contributed by atoms with van der Waals surface area (Å²) in [4.78, 5) is 26.7. The van der Waals surface area contributed by atoms with Crippen LogP contribution in [-0.2, 0) is 23.1 Å². The number of carboxylic acid groups (broad SMARTS) is 1. The third kappa shape index (κ3) is 5.62. The minimum Gasteiger partial charge on any atom is -0.476 e. The zero-order valence-corrected chi connectivity index (χ0v) is 15.0. The quantitative estimate of drug-likeness (QED) is 0.629. The molecule has 0 fully saturated rings. The smallest absolute Gasteiger partial charge is 0.355 e. The summed E-state index contributed by atoms with van der Waals surface area (Å²) in [5.41, 5.74) is 1.10. The number of nitrogens with zero attached hydrogens (tertiary/aromatic N) is 1. The first kappa shape index (κ1) is 19.0. The highest BCUT2D eigenvalue weighted by Crippen LogP contribution is 2.10. The molecule has 0 saturated heterocycles. The number of hydrogen-bond acceptors (Lipinski definition) is 6. The van der Waals surface area contributed by atoms with Gasteiger partial charge in [0.15, 0.2) is 5.69 Å². The fourth-order valence-corrected chi connectivity index (χ4v) is 3.12. The van der Waals surface area contributed by atoms with Gasteiger partial charge in [-0.05, 0) is 24.6 Å². The van der Waals surface area contributed by atoms with Crippen LogP contribution >= 0.6 is 11.3 Å². The van der Waals surface area contributed by atoms with E-state index in [2.05, 4.69) is 15.0 Å². The number of hydrogen-bond donors (Lipinski definition) is 3. The van der Waals surface area contributed by atoms with Crippen LogP contribution in [0.2, 0.25) is 0 Å². The Morgan fingerprint density at radius 3 is 2.44 bits per heavy atom. The van der Waals surface area contributed by atoms with Crippen molar-refractivity contribution in [2.75, 3.05) is 5.75 Å². The third-order valence-electron chi connectivity index (χ3n) is 3.26. The van der Waals surface area contributed by atoms with Crippen LogP contribution in [0.3, 0.4) is 0 Å². The molecule has 8 nitrogen and oxygen atoms in total. The number of carbonyl (C=O) groups is 2. The number of thiazole rings is 1. The molecule has 134 valence electrons. The Kier molecular flexibility index (Phi) is 6.23. The lowest BCUT2D eigenvalue weighted by Crippen LogP contribution is -2.25. The molecule has 0 saturated carbocycles. The summed E-state index contributed by atoms with van der Waals surface area (Å²) in [5, 5.41) is 13.4. The average molecular weight is 383 g/mol. The van der Waals surface area contributed by atoms with Gasteiger partial charge in [-0.25, -0.2) is 22.9 Å². The van der Waals surface area contributed by atoms with E-state index in [9.17, 15) is 18.0 Å². The van der Waals surface area contributed by atoms with E-state index < -0.39 is 16.0 Å². The number of carboxylic acids is 1. The van der Waals surface area contributed by atoms with Crippen molar-refractivity contribution in [3.05, 3.63) is 51.5 Å². The van der Waals surface area contributed by atoms with Crippen molar-refractivity contribution in [1.82, 2.24) is 15.0 Å². The molecule has 2 aromatic rings. The van der Waals surface area contributed by atoms with Gasteiger partial charge >= 0.3 is 5.97 Å². The molecule has 0 spiro atoms.